The quantitative estimate of drug-likeness (QED) is 0.834. The smallest absolute Gasteiger partial charge is 0.141 e. The van der Waals surface area contributed by atoms with E-state index in [0.29, 0.717) is 5.69 Å². The fourth-order valence-electron chi connectivity index (χ4n) is 2.85. The van der Waals surface area contributed by atoms with Crippen LogP contribution in [-0.4, -0.2) is 59.7 Å². The second kappa shape index (κ2) is 7.82. The Balaban J connectivity index is 1.76. The number of likely N-dealkylation sites (N-methyl/N-ethyl adjacent to an activating group) is 1. The number of aromatic nitrogens is 1. The number of pyridine rings is 1. The molecule has 0 amide bonds. The van der Waals surface area contributed by atoms with Crippen LogP contribution in [0.5, 0.6) is 0 Å². The van der Waals surface area contributed by atoms with Crippen LogP contribution in [0.2, 0.25) is 0 Å². The summed E-state index contributed by atoms with van der Waals surface area (Å²) in [6, 6.07) is 2.90. The van der Waals surface area contributed by atoms with Crippen LogP contribution >= 0.6 is 0 Å². The van der Waals surface area contributed by atoms with Gasteiger partial charge in [0.05, 0.1) is 18.0 Å². The molecule has 0 saturated carbocycles. The van der Waals surface area contributed by atoms with Gasteiger partial charge in [-0.15, -0.1) is 0 Å². The third-order valence-electron chi connectivity index (χ3n) is 4.19. The maximum atomic E-state index is 12.9. The lowest BCUT2D eigenvalue weighted by atomic mass is 10.0. The zero-order valence-electron chi connectivity index (χ0n) is 13.0. The minimum atomic E-state index is -0.653. The number of hydrogen-bond acceptors (Lipinski definition) is 4. The lowest BCUT2D eigenvalue weighted by Crippen LogP contribution is -2.35. The van der Waals surface area contributed by atoms with Crippen molar-refractivity contribution in [1.29, 1.82) is 0 Å². The Kier molecular flexibility index (Phi) is 6.08. The molecule has 1 aliphatic rings. The third kappa shape index (κ3) is 5.02. The molecule has 1 aromatic heterocycles. The van der Waals surface area contributed by atoms with Gasteiger partial charge < -0.3 is 14.9 Å². The number of nitrogens with zero attached hydrogens (tertiary/aromatic N) is 3. The number of rotatable bonds is 7. The molecule has 2 atom stereocenters. The molecule has 21 heavy (non-hydrogen) atoms. The number of likely N-dealkylation sites (tertiary alicyclic amines) is 1. The van der Waals surface area contributed by atoms with Crippen molar-refractivity contribution in [1.82, 2.24) is 14.8 Å². The molecule has 4 nitrogen and oxygen atoms in total. The van der Waals surface area contributed by atoms with Crippen molar-refractivity contribution in [3.8, 4) is 0 Å². The lowest BCUT2D eigenvalue weighted by Gasteiger charge is -2.26. The van der Waals surface area contributed by atoms with Gasteiger partial charge in [-0.1, -0.05) is 6.92 Å². The third-order valence-corrected chi connectivity index (χ3v) is 4.19. The number of aliphatic hydroxyl groups excluding tert-OH is 1. The molecule has 1 N–H and O–H groups in total. The molecular weight excluding hydrogens is 269 g/mol. The summed E-state index contributed by atoms with van der Waals surface area (Å²) in [5.41, 5.74) is 0.539. The van der Waals surface area contributed by atoms with E-state index in [1.54, 1.807) is 6.07 Å². The fraction of sp³-hybridized carbons (Fsp3) is 0.688. The van der Waals surface area contributed by atoms with Crippen molar-refractivity contribution < 1.29 is 9.50 Å². The minimum absolute atomic E-state index is 0.0616. The minimum Gasteiger partial charge on any atom is -0.386 e. The first kappa shape index (κ1) is 16.3. The average Bonchev–Trinajstić information content (AvgIpc) is 2.98. The Morgan fingerprint density at radius 1 is 1.38 bits per heavy atom. The highest BCUT2D eigenvalue weighted by molar-refractivity contribution is 5.08. The highest BCUT2D eigenvalue weighted by atomic mass is 19.1. The van der Waals surface area contributed by atoms with Crippen molar-refractivity contribution in [3.05, 3.63) is 29.8 Å². The summed E-state index contributed by atoms with van der Waals surface area (Å²) in [5, 5.41) is 10.3. The topological polar surface area (TPSA) is 39.6 Å². The van der Waals surface area contributed by atoms with Crippen molar-refractivity contribution >= 4 is 0 Å². The van der Waals surface area contributed by atoms with E-state index in [4.69, 9.17) is 0 Å². The second-order valence-corrected chi connectivity index (χ2v) is 6.13. The summed E-state index contributed by atoms with van der Waals surface area (Å²) < 4.78 is 12.9. The van der Waals surface area contributed by atoms with Gasteiger partial charge in [-0.05, 0) is 45.1 Å². The van der Waals surface area contributed by atoms with Crippen LogP contribution in [0.3, 0.4) is 0 Å². The summed E-state index contributed by atoms with van der Waals surface area (Å²) in [6.07, 6.45) is 3.13. The van der Waals surface area contributed by atoms with Gasteiger partial charge in [0.15, 0.2) is 0 Å². The van der Waals surface area contributed by atoms with Gasteiger partial charge in [0, 0.05) is 25.6 Å². The molecule has 1 aliphatic heterocycles. The van der Waals surface area contributed by atoms with E-state index in [1.807, 2.05) is 6.92 Å². The molecule has 0 radical (unpaired) electrons. The Hall–Kier alpha value is -1.04. The second-order valence-electron chi connectivity index (χ2n) is 6.13. The van der Waals surface area contributed by atoms with E-state index in [9.17, 15) is 9.50 Å². The molecule has 118 valence electrons. The van der Waals surface area contributed by atoms with Gasteiger partial charge in [0.2, 0.25) is 0 Å². The van der Waals surface area contributed by atoms with Crippen LogP contribution in [-0.2, 0) is 0 Å². The summed E-state index contributed by atoms with van der Waals surface area (Å²) >= 11 is 0. The summed E-state index contributed by atoms with van der Waals surface area (Å²) in [6.45, 7) is 7.33. The predicted octanol–water partition coefficient (Wildman–Crippen LogP) is 1.92. The van der Waals surface area contributed by atoms with Crippen molar-refractivity contribution in [2.75, 3.05) is 39.8 Å². The van der Waals surface area contributed by atoms with Gasteiger partial charge in [-0.25, -0.2) is 4.39 Å². The lowest BCUT2D eigenvalue weighted by molar-refractivity contribution is 0.0890. The largest absolute Gasteiger partial charge is 0.386 e. The first-order valence-corrected chi connectivity index (χ1v) is 7.76. The number of aliphatic hydroxyl groups is 1. The number of hydrogen-bond donors (Lipinski definition) is 1. The molecule has 2 unspecified atom stereocenters. The van der Waals surface area contributed by atoms with Gasteiger partial charge in [0.1, 0.15) is 5.82 Å². The van der Waals surface area contributed by atoms with Crippen LogP contribution in [0.15, 0.2) is 18.3 Å². The van der Waals surface area contributed by atoms with Crippen molar-refractivity contribution in [3.63, 3.8) is 0 Å². The first-order valence-electron chi connectivity index (χ1n) is 7.76. The van der Waals surface area contributed by atoms with E-state index in [-0.39, 0.29) is 11.7 Å². The van der Waals surface area contributed by atoms with Crippen molar-refractivity contribution in [2.45, 2.75) is 25.9 Å². The predicted molar refractivity (Wildman–Crippen MR) is 81.5 cm³/mol. The van der Waals surface area contributed by atoms with Crippen LogP contribution in [0.1, 0.15) is 31.6 Å². The Morgan fingerprint density at radius 3 is 2.71 bits per heavy atom. The Morgan fingerprint density at radius 2 is 2.10 bits per heavy atom. The van der Waals surface area contributed by atoms with E-state index < -0.39 is 6.10 Å². The average molecular weight is 295 g/mol. The summed E-state index contributed by atoms with van der Waals surface area (Å²) in [7, 11) is 2.08. The molecule has 1 fully saturated rings. The van der Waals surface area contributed by atoms with Gasteiger partial charge in [-0.3, -0.25) is 4.98 Å². The van der Waals surface area contributed by atoms with E-state index >= 15 is 0 Å². The Labute approximate surface area is 126 Å². The molecule has 1 saturated heterocycles. The van der Waals surface area contributed by atoms with E-state index in [2.05, 4.69) is 21.8 Å². The van der Waals surface area contributed by atoms with Crippen molar-refractivity contribution in [2.24, 2.45) is 5.92 Å². The van der Waals surface area contributed by atoms with E-state index in [0.717, 1.165) is 25.8 Å². The Bertz CT molecular complexity index is 420. The zero-order chi connectivity index (χ0) is 15.2. The zero-order valence-corrected chi connectivity index (χ0v) is 13.0. The molecule has 2 heterocycles. The van der Waals surface area contributed by atoms with E-state index in [1.165, 1.54) is 32.0 Å². The number of halogens is 1. The SMILES string of the molecule is CC(CN(C)CCN1CCCC1)C(O)c1ccc(F)cn1. The van der Waals surface area contributed by atoms with Gasteiger partial charge in [0.25, 0.3) is 0 Å². The molecular formula is C16H26FN3O. The first-order chi connectivity index (χ1) is 10.1. The maximum Gasteiger partial charge on any atom is 0.141 e. The standard InChI is InChI=1S/C16H26FN3O/c1-13(16(21)15-6-5-14(17)11-18-15)12-19(2)9-10-20-7-3-4-8-20/h5-6,11,13,16,21H,3-4,7-10,12H2,1-2H3. The molecule has 0 aromatic carbocycles. The monoisotopic (exact) mass is 295 g/mol. The molecule has 2 rings (SSSR count). The molecule has 1 aromatic rings. The molecule has 0 spiro atoms. The molecule has 0 aliphatic carbocycles. The molecule has 0 bridgehead atoms. The summed E-state index contributed by atoms with van der Waals surface area (Å²) in [4.78, 5) is 8.69. The van der Waals surface area contributed by atoms with Gasteiger partial charge >= 0.3 is 0 Å². The highest BCUT2D eigenvalue weighted by Gasteiger charge is 2.20. The van der Waals surface area contributed by atoms with Gasteiger partial charge in [-0.2, -0.15) is 0 Å². The molecule has 5 heteroatoms. The maximum absolute atomic E-state index is 12.9. The van der Waals surface area contributed by atoms with Crippen LogP contribution < -0.4 is 0 Å². The van der Waals surface area contributed by atoms with Crippen LogP contribution in [0.4, 0.5) is 4.39 Å². The summed E-state index contributed by atoms with van der Waals surface area (Å²) in [5.74, 6) is -0.312. The fourth-order valence-corrected chi connectivity index (χ4v) is 2.85. The normalized spacial score (nSPS) is 19.1. The van der Waals surface area contributed by atoms with Crippen LogP contribution in [0.25, 0.3) is 0 Å². The van der Waals surface area contributed by atoms with Crippen LogP contribution in [0, 0.1) is 11.7 Å². The highest BCUT2D eigenvalue weighted by Crippen LogP contribution is 2.20.